The second-order valence-electron chi connectivity index (χ2n) is 4.10. The topological polar surface area (TPSA) is 111 Å². The van der Waals surface area contributed by atoms with Gasteiger partial charge in [-0.15, -0.1) is 0 Å². The zero-order valence-electron chi connectivity index (χ0n) is 11.1. The first-order chi connectivity index (χ1) is 9.90. The number of benzene rings is 1. The fourth-order valence-electron chi connectivity index (χ4n) is 1.62. The first-order valence-electron chi connectivity index (χ1n) is 5.82. The summed E-state index contributed by atoms with van der Waals surface area (Å²) in [5, 5.41) is 12.4. The van der Waals surface area contributed by atoms with E-state index in [4.69, 9.17) is 9.84 Å². The van der Waals surface area contributed by atoms with Crippen molar-refractivity contribution in [1.29, 1.82) is 0 Å². The molecule has 0 aliphatic heterocycles. The summed E-state index contributed by atoms with van der Waals surface area (Å²) in [6.07, 6.45) is 2.53. The fourth-order valence-corrected chi connectivity index (χ4v) is 2.69. The maximum absolute atomic E-state index is 12.2. The van der Waals surface area contributed by atoms with E-state index in [1.54, 1.807) is 12.1 Å². The third-order valence-corrected chi connectivity index (χ3v) is 3.91. The van der Waals surface area contributed by atoms with Crippen LogP contribution >= 0.6 is 0 Å². The fraction of sp³-hybridized carbons (Fsp3) is 0.167. The number of rotatable bonds is 6. The van der Waals surface area contributed by atoms with Gasteiger partial charge in [0.25, 0.3) is 10.0 Å². The lowest BCUT2D eigenvalue weighted by molar-refractivity contribution is -0.137. The van der Waals surface area contributed by atoms with Gasteiger partial charge in [0.1, 0.15) is 12.3 Å². The van der Waals surface area contributed by atoms with Crippen LogP contribution in [0.3, 0.4) is 0 Å². The van der Waals surface area contributed by atoms with Gasteiger partial charge in [-0.25, -0.2) is 8.42 Å². The molecule has 0 fully saturated rings. The van der Waals surface area contributed by atoms with E-state index >= 15 is 0 Å². The first-order valence-corrected chi connectivity index (χ1v) is 7.30. The van der Waals surface area contributed by atoms with E-state index in [1.165, 1.54) is 31.6 Å². The van der Waals surface area contributed by atoms with E-state index < -0.39 is 16.0 Å². The molecule has 2 N–H and O–H groups in total. The number of hydrogen-bond acceptors (Lipinski definition) is 5. The van der Waals surface area contributed by atoms with Crippen LogP contribution in [0, 0.1) is 0 Å². The average molecular weight is 311 g/mol. The summed E-state index contributed by atoms with van der Waals surface area (Å²) in [7, 11) is -2.35. The van der Waals surface area contributed by atoms with Crippen LogP contribution in [0.1, 0.15) is 0 Å². The summed E-state index contributed by atoms with van der Waals surface area (Å²) < 4.78 is 32.8. The molecule has 0 spiro atoms. The highest BCUT2D eigenvalue weighted by molar-refractivity contribution is 7.92. The summed E-state index contributed by atoms with van der Waals surface area (Å²) in [6.45, 7) is -0.346. The summed E-state index contributed by atoms with van der Waals surface area (Å²) in [4.78, 5) is 10.6. The van der Waals surface area contributed by atoms with Gasteiger partial charge in [0, 0.05) is 12.3 Å². The molecule has 0 atom stereocenters. The van der Waals surface area contributed by atoms with E-state index in [2.05, 4.69) is 9.82 Å². The quantitative estimate of drug-likeness (QED) is 0.815. The van der Waals surface area contributed by atoms with Crippen molar-refractivity contribution in [1.82, 2.24) is 9.78 Å². The molecule has 2 aromatic rings. The van der Waals surface area contributed by atoms with Crippen LogP contribution in [-0.2, 0) is 21.4 Å². The molecular formula is C12H13N3O5S. The minimum absolute atomic E-state index is 0.0350. The lowest BCUT2D eigenvalue weighted by Crippen LogP contribution is -2.13. The van der Waals surface area contributed by atoms with Crippen LogP contribution < -0.4 is 9.46 Å². The Morgan fingerprint density at radius 1 is 1.48 bits per heavy atom. The van der Waals surface area contributed by atoms with Crippen molar-refractivity contribution in [3.8, 4) is 5.75 Å². The molecule has 2 rings (SSSR count). The summed E-state index contributed by atoms with van der Waals surface area (Å²) in [5.41, 5.74) is 0.180. The monoisotopic (exact) mass is 311 g/mol. The van der Waals surface area contributed by atoms with Crippen LogP contribution in [0.4, 0.5) is 5.69 Å². The molecule has 0 radical (unpaired) electrons. The maximum Gasteiger partial charge on any atom is 0.325 e. The molecule has 1 heterocycles. The molecule has 0 saturated heterocycles. The Bertz CT molecular complexity index is 754. The highest BCUT2D eigenvalue weighted by Crippen LogP contribution is 2.19. The number of nitrogens with zero attached hydrogens (tertiary/aromatic N) is 2. The number of carbonyl (C=O) groups is 1. The number of nitrogens with one attached hydrogen (secondary N) is 1. The van der Waals surface area contributed by atoms with E-state index in [9.17, 15) is 13.2 Å². The Kier molecular flexibility index (Phi) is 4.13. The number of aromatic nitrogens is 2. The first kappa shape index (κ1) is 14.9. The molecule has 1 aromatic heterocycles. The molecule has 112 valence electrons. The third kappa shape index (κ3) is 3.72. The van der Waals surface area contributed by atoms with Crippen molar-refractivity contribution in [3.05, 3.63) is 36.7 Å². The summed E-state index contributed by atoms with van der Waals surface area (Å²) >= 11 is 0. The number of carboxylic acid groups (broad SMARTS) is 1. The van der Waals surface area contributed by atoms with E-state index in [-0.39, 0.29) is 17.1 Å². The molecular weight excluding hydrogens is 298 g/mol. The van der Waals surface area contributed by atoms with Crippen LogP contribution in [0.5, 0.6) is 5.75 Å². The van der Waals surface area contributed by atoms with Crippen molar-refractivity contribution in [2.75, 3.05) is 11.8 Å². The highest BCUT2D eigenvalue weighted by Gasteiger charge is 2.16. The minimum atomic E-state index is -3.79. The predicted octanol–water partition coefficient (Wildman–Crippen LogP) is 0.777. The largest absolute Gasteiger partial charge is 0.497 e. The minimum Gasteiger partial charge on any atom is -0.497 e. The second kappa shape index (κ2) is 5.83. The Balaban J connectivity index is 2.20. The molecule has 0 bridgehead atoms. The normalized spacial score (nSPS) is 11.1. The van der Waals surface area contributed by atoms with Crippen molar-refractivity contribution >= 4 is 21.7 Å². The third-order valence-electron chi connectivity index (χ3n) is 2.53. The molecule has 0 aliphatic carbocycles. The van der Waals surface area contributed by atoms with Crippen LogP contribution in [0.15, 0.2) is 41.6 Å². The number of carboxylic acids is 1. The van der Waals surface area contributed by atoms with Gasteiger partial charge < -0.3 is 9.84 Å². The molecule has 0 unspecified atom stereocenters. The van der Waals surface area contributed by atoms with Crippen LogP contribution in [0.2, 0.25) is 0 Å². The molecule has 9 heteroatoms. The summed E-state index contributed by atoms with van der Waals surface area (Å²) in [5.74, 6) is -0.653. The van der Waals surface area contributed by atoms with Gasteiger partial charge in [-0.05, 0) is 12.1 Å². The smallest absolute Gasteiger partial charge is 0.325 e. The number of sulfonamides is 1. The van der Waals surface area contributed by atoms with Gasteiger partial charge in [-0.1, -0.05) is 6.07 Å². The highest BCUT2D eigenvalue weighted by atomic mass is 32.2. The standard InChI is InChI=1S/C12H13N3O5S/c1-20-10-3-2-4-11(5-10)21(18,19)14-9-6-13-15(7-9)8-12(16)17/h2-7,14H,8H2,1H3,(H,16,17). The number of hydrogen-bond donors (Lipinski definition) is 2. The van der Waals surface area contributed by atoms with Crippen LogP contribution in [-0.4, -0.2) is 36.4 Å². The number of aliphatic carboxylic acids is 1. The van der Waals surface area contributed by atoms with Gasteiger partial charge in [0.05, 0.1) is 23.9 Å². The van der Waals surface area contributed by atoms with Gasteiger partial charge in [-0.3, -0.25) is 14.2 Å². The molecule has 0 saturated carbocycles. The van der Waals surface area contributed by atoms with E-state index in [0.29, 0.717) is 5.75 Å². The number of ether oxygens (including phenoxy) is 1. The second-order valence-corrected chi connectivity index (χ2v) is 5.79. The molecule has 21 heavy (non-hydrogen) atoms. The predicted molar refractivity (Wildman–Crippen MR) is 73.7 cm³/mol. The van der Waals surface area contributed by atoms with Crippen LogP contribution in [0.25, 0.3) is 0 Å². The Morgan fingerprint density at radius 3 is 2.90 bits per heavy atom. The Hall–Kier alpha value is -2.55. The van der Waals surface area contributed by atoms with Gasteiger partial charge in [0.15, 0.2) is 0 Å². The Labute approximate surface area is 121 Å². The lowest BCUT2D eigenvalue weighted by atomic mass is 10.3. The zero-order chi connectivity index (χ0) is 15.5. The van der Waals surface area contributed by atoms with Crippen molar-refractivity contribution in [3.63, 3.8) is 0 Å². The maximum atomic E-state index is 12.2. The zero-order valence-corrected chi connectivity index (χ0v) is 11.9. The Morgan fingerprint density at radius 2 is 2.24 bits per heavy atom. The SMILES string of the molecule is COc1cccc(S(=O)(=O)Nc2cnn(CC(=O)O)c2)c1. The average Bonchev–Trinajstić information content (AvgIpc) is 2.84. The molecule has 1 aromatic carbocycles. The van der Waals surface area contributed by atoms with E-state index in [0.717, 1.165) is 4.68 Å². The van der Waals surface area contributed by atoms with Gasteiger partial charge in [0.2, 0.25) is 0 Å². The molecule has 8 nitrogen and oxygen atoms in total. The number of methoxy groups -OCH3 is 1. The van der Waals surface area contributed by atoms with Crippen molar-refractivity contribution < 1.29 is 23.1 Å². The van der Waals surface area contributed by atoms with Crippen molar-refractivity contribution in [2.45, 2.75) is 11.4 Å². The molecule has 0 amide bonds. The summed E-state index contributed by atoms with van der Waals surface area (Å²) in [6, 6.07) is 5.99. The molecule has 0 aliphatic rings. The number of anilines is 1. The van der Waals surface area contributed by atoms with Crippen molar-refractivity contribution in [2.24, 2.45) is 0 Å². The lowest BCUT2D eigenvalue weighted by Gasteiger charge is -2.07. The van der Waals surface area contributed by atoms with Gasteiger partial charge in [-0.2, -0.15) is 5.10 Å². The van der Waals surface area contributed by atoms with E-state index in [1.807, 2.05) is 0 Å². The van der Waals surface area contributed by atoms with Gasteiger partial charge >= 0.3 is 5.97 Å².